The van der Waals surface area contributed by atoms with Crippen LogP contribution in [0.4, 0.5) is 0 Å². The zero-order valence-corrected chi connectivity index (χ0v) is 12.0. The Bertz CT molecular complexity index is 251. The first-order valence-corrected chi connectivity index (χ1v) is 7.45. The second-order valence-corrected chi connectivity index (χ2v) is 5.93. The van der Waals surface area contributed by atoms with Crippen LogP contribution in [0.25, 0.3) is 0 Å². The summed E-state index contributed by atoms with van der Waals surface area (Å²) in [6.45, 7) is 8.48. The zero-order valence-electron chi connectivity index (χ0n) is 12.0. The minimum Gasteiger partial charge on any atom is -0.377 e. The van der Waals surface area contributed by atoms with Gasteiger partial charge < -0.3 is 15.4 Å². The topological polar surface area (TPSA) is 41.7 Å². The third-order valence-corrected chi connectivity index (χ3v) is 4.77. The van der Waals surface area contributed by atoms with E-state index in [1.807, 2.05) is 0 Å². The van der Waals surface area contributed by atoms with Crippen molar-refractivity contribution in [1.82, 2.24) is 9.80 Å². The van der Waals surface area contributed by atoms with Crippen LogP contribution in [0.3, 0.4) is 0 Å². The highest BCUT2D eigenvalue weighted by atomic mass is 16.5. The average molecular weight is 255 g/mol. The number of nitrogens with two attached hydrogens (primary N) is 1. The summed E-state index contributed by atoms with van der Waals surface area (Å²) in [7, 11) is 2.21. The predicted octanol–water partition coefficient (Wildman–Crippen LogP) is 0.910. The van der Waals surface area contributed by atoms with Crippen molar-refractivity contribution in [3.8, 4) is 0 Å². The van der Waals surface area contributed by atoms with Crippen molar-refractivity contribution < 1.29 is 4.74 Å². The summed E-state index contributed by atoms with van der Waals surface area (Å²) in [6.07, 6.45) is 5.06. The molecule has 2 fully saturated rings. The Kier molecular flexibility index (Phi) is 5.01. The van der Waals surface area contributed by atoms with Gasteiger partial charge in [0, 0.05) is 31.8 Å². The van der Waals surface area contributed by atoms with E-state index in [0.717, 1.165) is 39.1 Å². The van der Waals surface area contributed by atoms with Crippen LogP contribution in [-0.4, -0.2) is 67.8 Å². The second kappa shape index (κ2) is 6.33. The molecule has 0 saturated carbocycles. The normalized spacial score (nSPS) is 31.2. The van der Waals surface area contributed by atoms with E-state index in [9.17, 15) is 0 Å². The molecular formula is C14H29N3O. The number of rotatable bonds is 3. The van der Waals surface area contributed by atoms with Crippen LogP contribution in [0.1, 0.15) is 32.6 Å². The van der Waals surface area contributed by atoms with Crippen molar-refractivity contribution in [2.75, 3.05) is 46.4 Å². The Morgan fingerprint density at radius 1 is 1.28 bits per heavy atom. The monoisotopic (exact) mass is 255 g/mol. The molecule has 0 aromatic heterocycles. The first-order chi connectivity index (χ1) is 8.70. The Balaban J connectivity index is 2.05. The highest BCUT2D eigenvalue weighted by molar-refractivity contribution is 4.97. The Morgan fingerprint density at radius 2 is 2.00 bits per heavy atom. The molecule has 106 valence electrons. The maximum absolute atomic E-state index is 6.15. The van der Waals surface area contributed by atoms with Crippen LogP contribution in [0.2, 0.25) is 0 Å². The minimum atomic E-state index is 0.230. The third-order valence-electron chi connectivity index (χ3n) is 4.77. The summed E-state index contributed by atoms with van der Waals surface area (Å²) >= 11 is 0. The molecule has 0 radical (unpaired) electrons. The Labute approximate surface area is 111 Å². The number of piperidine rings is 1. The molecule has 2 saturated heterocycles. The smallest absolute Gasteiger partial charge is 0.0699 e. The van der Waals surface area contributed by atoms with E-state index in [0.29, 0.717) is 6.10 Å². The summed E-state index contributed by atoms with van der Waals surface area (Å²) in [5.41, 5.74) is 6.38. The lowest BCUT2D eigenvalue weighted by molar-refractivity contribution is 0.00203. The fourth-order valence-electron chi connectivity index (χ4n) is 3.26. The van der Waals surface area contributed by atoms with E-state index in [2.05, 4.69) is 23.8 Å². The van der Waals surface area contributed by atoms with Crippen LogP contribution in [0, 0.1) is 0 Å². The first kappa shape index (κ1) is 14.3. The van der Waals surface area contributed by atoms with E-state index in [4.69, 9.17) is 10.5 Å². The first-order valence-electron chi connectivity index (χ1n) is 7.45. The van der Waals surface area contributed by atoms with Gasteiger partial charge in [0.2, 0.25) is 0 Å². The lowest BCUT2D eigenvalue weighted by Gasteiger charge is -2.48. The van der Waals surface area contributed by atoms with Gasteiger partial charge in [-0.3, -0.25) is 4.90 Å². The largest absolute Gasteiger partial charge is 0.377 e. The predicted molar refractivity (Wildman–Crippen MR) is 74.7 cm³/mol. The van der Waals surface area contributed by atoms with Crippen molar-refractivity contribution in [2.24, 2.45) is 5.73 Å². The summed E-state index contributed by atoms with van der Waals surface area (Å²) in [5, 5.41) is 0. The molecule has 0 aromatic carbocycles. The Hall–Kier alpha value is -0.160. The van der Waals surface area contributed by atoms with E-state index in [-0.39, 0.29) is 5.54 Å². The average Bonchev–Trinajstić information content (AvgIpc) is 2.66. The molecule has 0 amide bonds. The molecule has 4 nitrogen and oxygen atoms in total. The highest BCUT2D eigenvalue weighted by Gasteiger charge is 2.39. The van der Waals surface area contributed by atoms with E-state index in [1.165, 1.54) is 25.9 Å². The van der Waals surface area contributed by atoms with Crippen molar-refractivity contribution >= 4 is 0 Å². The minimum absolute atomic E-state index is 0.230. The lowest BCUT2D eigenvalue weighted by Crippen LogP contribution is -2.60. The number of ether oxygens (including phenoxy) is 1. The van der Waals surface area contributed by atoms with Crippen molar-refractivity contribution in [3.63, 3.8) is 0 Å². The van der Waals surface area contributed by atoms with Gasteiger partial charge in [0.25, 0.3) is 0 Å². The summed E-state index contributed by atoms with van der Waals surface area (Å²) in [6, 6.07) is 0. The molecule has 1 unspecified atom stereocenters. The van der Waals surface area contributed by atoms with E-state index in [1.54, 1.807) is 0 Å². The fourth-order valence-corrected chi connectivity index (χ4v) is 3.26. The highest BCUT2D eigenvalue weighted by Crippen LogP contribution is 2.29. The van der Waals surface area contributed by atoms with Crippen LogP contribution in [0.15, 0.2) is 0 Å². The SMILES string of the molecule is CCC1CN(C2(CN)CCN(C)CC2)CCCO1. The van der Waals surface area contributed by atoms with Gasteiger partial charge in [-0.2, -0.15) is 0 Å². The standard InChI is InChI=1S/C14H29N3O/c1-3-13-11-17(7-4-10-18-13)14(12-15)5-8-16(2)9-6-14/h13H,3-12,15H2,1-2H3. The quantitative estimate of drug-likeness (QED) is 0.814. The number of likely N-dealkylation sites (tertiary alicyclic amines) is 1. The molecule has 2 heterocycles. The molecule has 4 heteroatoms. The van der Waals surface area contributed by atoms with Gasteiger partial charge in [0.05, 0.1) is 6.10 Å². The van der Waals surface area contributed by atoms with E-state index < -0.39 is 0 Å². The summed E-state index contributed by atoms with van der Waals surface area (Å²) in [4.78, 5) is 5.06. The number of nitrogens with zero attached hydrogens (tertiary/aromatic N) is 2. The van der Waals surface area contributed by atoms with Crippen molar-refractivity contribution in [3.05, 3.63) is 0 Å². The summed E-state index contributed by atoms with van der Waals surface area (Å²) in [5.74, 6) is 0. The van der Waals surface area contributed by atoms with Crippen LogP contribution in [0.5, 0.6) is 0 Å². The molecule has 0 spiro atoms. The number of hydrogen-bond donors (Lipinski definition) is 1. The van der Waals surface area contributed by atoms with Crippen LogP contribution in [-0.2, 0) is 4.74 Å². The van der Waals surface area contributed by atoms with Crippen LogP contribution < -0.4 is 5.73 Å². The summed E-state index contributed by atoms with van der Waals surface area (Å²) < 4.78 is 5.89. The van der Waals surface area contributed by atoms with Gasteiger partial charge in [0.15, 0.2) is 0 Å². The number of hydrogen-bond acceptors (Lipinski definition) is 4. The molecular weight excluding hydrogens is 226 g/mol. The Morgan fingerprint density at radius 3 is 2.61 bits per heavy atom. The van der Waals surface area contributed by atoms with Crippen LogP contribution >= 0.6 is 0 Å². The molecule has 1 atom stereocenters. The molecule has 2 N–H and O–H groups in total. The van der Waals surface area contributed by atoms with Gasteiger partial charge in [0.1, 0.15) is 0 Å². The maximum Gasteiger partial charge on any atom is 0.0699 e. The molecule has 0 bridgehead atoms. The van der Waals surface area contributed by atoms with E-state index >= 15 is 0 Å². The van der Waals surface area contributed by atoms with Gasteiger partial charge in [-0.1, -0.05) is 6.92 Å². The zero-order chi connectivity index (χ0) is 13.0. The molecule has 2 aliphatic heterocycles. The molecule has 2 rings (SSSR count). The third kappa shape index (κ3) is 3.05. The van der Waals surface area contributed by atoms with Gasteiger partial charge in [-0.05, 0) is 45.8 Å². The molecule has 0 aromatic rings. The molecule has 18 heavy (non-hydrogen) atoms. The van der Waals surface area contributed by atoms with Gasteiger partial charge >= 0.3 is 0 Å². The fraction of sp³-hybridized carbons (Fsp3) is 1.00. The van der Waals surface area contributed by atoms with Gasteiger partial charge in [-0.25, -0.2) is 0 Å². The maximum atomic E-state index is 6.15. The van der Waals surface area contributed by atoms with Crippen molar-refractivity contribution in [1.29, 1.82) is 0 Å². The molecule has 2 aliphatic rings. The second-order valence-electron chi connectivity index (χ2n) is 5.93. The lowest BCUT2D eigenvalue weighted by atomic mass is 9.85. The van der Waals surface area contributed by atoms with Crippen molar-refractivity contribution in [2.45, 2.75) is 44.2 Å². The van der Waals surface area contributed by atoms with Gasteiger partial charge in [-0.15, -0.1) is 0 Å². The molecule has 0 aliphatic carbocycles.